The number of sulfonamides is 1. The van der Waals surface area contributed by atoms with Gasteiger partial charge in [-0.25, -0.2) is 13.2 Å². The van der Waals surface area contributed by atoms with Crippen molar-refractivity contribution in [1.29, 1.82) is 0 Å². The lowest BCUT2D eigenvalue weighted by Gasteiger charge is -2.19. The molecule has 0 aliphatic heterocycles. The number of ether oxygens (including phenoxy) is 1. The van der Waals surface area contributed by atoms with Crippen molar-refractivity contribution >= 4 is 16.0 Å². The number of aromatic carboxylic acids is 1. The molecular weight excluding hydrogens is 290 g/mol. The molecule has 0 saturated carbocycles. The molecule has 1 unspecified atom stereocenters. The maximum absolute atomic E-state index is 12.2. The zero-order chi connectivity index (χ0) is 15.5. The number of carboxylic acid groups (broad SMARTS) is 1. The lowest BCUT2D eigenvalue weighted by molar-refractivity contribution is 0.0554. The number of aryl methyl sites for hydroxylation is 1. The average Bonchev–Trinajstić information content (AvgIpc) is 2.72. The number of likely N-dealkylation sites (N-methyl/N-ethyl adjacent to an activating group) is 1. The molecule has 0 amide bonds. The highest BCUT2D eigenvalue weighted by molar-refractivity contribution is 7.89. The fraction of sp³-hybridized carbons (Fsp3) is 0.545. The summed E-state index contributed by atoms with van der Waals surface area (Å²) in [6, 6.07) is 0.951. The Labute approximate surface area is 116 Å². The largest absolute Gasteiger partial charge is 0.475 e. The molecule has 1 rings (SSSR count). The lowest BCUT2D eigenvalue weighted by atomic mass is 10.4. The summed E-state index contributed by atoms with van der Waals surface area (Å²) in [7, 11) is -1.27. The van der Waals surface area contributed by atoms with Crippen LogP contribution in [0.5, 0.6) is 0 Å². The molecule has 0 aliphatic carbocycles. The third kappa shape index (κ3) is 3.57. The van der Waals surface area contributed by atoms with Gasteiger partial charge in [-0.15, -0.1) is 0 Å². The van der Waals surface area contributed by atoms with E-state index in [9.17, 15) is 18.3 Å². The van der Waals surface area contributed by atoms with E-state index >= 15 is 0 Å². The average molecular weight is 307 g/mol. The van der Waals surface area contributed by atoms with Crippen LogP contribution in [0.2, 0.25) is 0 Å². The van der Waals surface area contributed by atoms with E-state index < -0.39 is 27.9 Å². The molecule has 0 fully saturated rings. The van der Waals surface area contributed by atoms with Gasteiger partial charge in [0.15, 0.2) is 0 Å². The zero-order valence-electron chi connectivity index (χ0n) is 11.4. The number of methoxy groups -OCH3 is 1. The SMILES string of the molecule is COCC(O)CN(C)S(=O)(=O)c1cc(C(=O)O)oc1C. The van der Waals surface area contributed by atoms with Crippen LogP contribution >= 0.6 is 0 Å². The smallest absolute Gasteiger partial charge is 0.371 e. The fourth-order valence-corrected chi connectivity index (χ4v) is 3.00. The van der Waals surface area contributed by atoms with Gasteiger partial charge in [0.1, 0.15) is 10.7 Å². The summed E-state index contributed by atoms with van der Waals surface area (Å²) in [5, 5.41) is 18.3. The molecule has 0 bridgehead atoms. The second-order valence-electron chi connectivity index (χ2n) is 4.23. The van der Waals surface area contributed by atoms with Gasteiger partial charge in [-0.05, 0) is 6.92 Å². The van der Waals surface area contributed by atoms with Crippen molar-refractivity contribution < 1.29 is 32.6 Å². The van der Waals surface area contributed by atoms with Crippen molar-refractivity contribution in [1.82, 2.24) is 4.31 Å². The normalized spacial score (nSPS) is 13.7. The third-order valence-electron chi connectivity index (χ3n) is 2.60. The Morgan fingerprint density at radius 3 is 2.60 bits per heavy atom. The Kier molecular flexibility index (Phi) is 5.28. The van der Waals surface area contributed by atoms with Crippen LogP contribution in [-0.4, -0.2) is 62.3 Å². The van der Waals surface area contributed by atoms with Crippen molar-refractivity contribution in [2.75, 3.05) is 27.3 Å². The summed E-state index contributed by atoms with van der Waals surface area (Å²) in [6.07, 6.45) is -0.981. The number of carboxylic acids is 1. The number of aliphatic hydroxyl groups is 1. The van der Waals surface area contributed by atoms with Crippen LogP contribution < -0.4 is 0 Å². The standard InChI is InChI=1S/C11H17NO7S/c1-7-10(4-9(19-7)11(14)15)20(16,17)12(2)5-8(13)6-18-3/h4,8,13H,5-6H2,1-3H3,(H,14,15). The van der Waals surface area contributed by atoms with Gasteiger partial charge in [0.25, 0.3) is 0 Å². The van der Waals surface area contributed by atoms with Gasteiger partial charge in [0.05, 0.1) is 12.7 Å². The first-order chi connectivity index (χ1) is 9.20. The van der Waals surface area contributed by atoms with E-state index in [4.69, 9.17) is 14.3 Å². The molecule has 1 heterocycles. The summed E-state index contributed by atoms with van der Waals surface area (Å²) in [6.45, 7) is 1.17. The van der Waals surface area contributed by atoms with Crippen molar-refractivity contribution in [2.24, 2.45) is 0 Å². The van der Waals surface area contributed by atoms with Crippen LogP contribution in [0.4, 0.5) is 0 Å². The predicted octanol–water partition coefficient (Wildman–Crippen LogP) is -0.0860. The first-order valence-corrected chi connectivity index (χ1v) is 7.11. The van der Waals surface area contributed by atoms with Crippen LogP contribution in [0.1, 0.15) is 16.3 Å². The summed E-state index contributed by atoms with van der Waals surface area (Å²) in [5.74, 6) is -1.82. The molecule has 2 N–H and O–H groups in total. The van der Waals surface area contributed by atoms with E-state index in [0.29, 0.717) is 0 Å². The van der Waals surface area contributed by atoms with Gasteiger partial charge in [-0.1, -0.05) is 0 Å². The summed E-state index contributed by atoms with van der Waals surface area (Å²) < 4.78 is 35.0. The van der Waals surface area contributed by atoms with Crippen LogP contribution in [0.25, 0.3) is 0 Å². The van der Waals surface area contributed by atoms with Crippen molar-refractivity contribution in [3.63, 3.8) is 0 Å². The number of rotatable bonds is 7. The quantitative estimate of drug-likeness (QED) is 0.723. The zero-order valence-corrected chi connectivity index (χ0v) is 12.2. The molecule has 1 aromatic heterocycles. The highest BCUT2D eigenvalue weighted by atomic mass is 32.2. The first kappa shape index (κ1) is 16.6. The number of hydrogen-bond donors (Lipinski definition) is 2. The molecule has 114 valence electrons. The Bertz CT molecular complexity index is 578. The maximum atomic E-state index is 12.2. The summed E-state index contributed by atoms with van der Waals surface area (Å²) >= 11 is 0. The van der Waals surface area contributed by atoms with E-state index in [1.807, 2.05) is 0 Å². The number of aliphatic hydroxyl groups excluding tert-OH is 1. The molecule has 0 saturated heterocycles. The van der Waals surface area contributed by atoms with Crippen molar-refractivity contribution in [3.8, 4) is 0 Å². The molecule has 20 heavy (non-hydrogen) atoms. The Balaban J connectivity index is 3.01. The van der Waals surface area contributed by atoms with Crippen LogP contribution in [0.15, 0.2) is 15.4 Å². The Hall–Kier alpha value is -1.42. The predicted molar refractivity (Wildman–Crippen MR) is 68.1 cm³/mol. The highest BCUT2D eigenvalue weighted by Gasteiger charge is 2.28. The molecule has 1 aromatic rings. The van der Waals surface area contributed by atoms with Gasteiger partial charge < -0.3 is 19.4 Å². The molecule has 0 spiro atoms. The molecular formula is C11H17NO7S. The fourth-order valence-electron chi connectivity index (χ4n) is 1.63. The topological polar surface area (TPSA) is 117 Å². The van der Waals surface area contributed by atoms with Crippen molar-refractivity contribution in [3.05, 3.63) is 17.6 Å². The minimum atomic E-state index is -3.94. The van der Waals surface area contributed by atoms with Gasteiger partial charge in [0.2, 0.25) is 15.8 Å². The molecule has 1 atom stereocenters. The molecule has 0 aliphatic rings. The summed E-state index contributed by atoms with van der Waals surface area (Å²) in [5.41, 5.74) is 0. The lowest BCUT2D eigenvalue weighted by Crippen LogP contribution is -2.36. The van der Waals surface area contributed by atoms with E-state index in [1.165, 1.54) is 21.1 Å². The third-order valence-corrected chi connectivity index (χ3v) is 4.53. The van der Waals surface area contributed by atoms with Crippen molar-refractivity contribution in [2.45, 2.75) is 17.9 Å². The van der Waals surface area contributed by atoms with E-state index in [0.717, 1.165) is 10.4 Å². The van der Waals surface area contributed by atoms with Gasteiger partial charge in [-0.2, -0.15) is 4.31 Å². The van der Waals surface area contributed by atoms with Crippen LogP contribution in [-0.2, 0) is 14.8 Å². The number of hydrogen-bond acceptors (Lipinski definition) is 6. The minimum Gasteiger partial charge on any atom is -0.475 e. The molecule has 8 nitrogen and oxygen atoms in total. The molecule has 9 heteroatoms. The molecule has 0 aromatic carbocycles. The minimum absolute atomic E-state index is 0.00932. The Morgan fingerprint density at radius 2 is 2.15 bits per heavy atom. The van der Waals surface area contributed by atoms with Gasteiger partial charge in [-0.3, -0.25) is 0 Å². The first-order valence-electron chi connectivity index (χ1n) is 5.67. The summed E-state index contributed by atoms with van der Waals surface area (Å²) in [4.78, 5) is 10.5. The van der Waals surface area contributed by atoms with Crippen LogP contribution in [0, 0.1) is 6.92 Å². The number of nitrogens with zero attached hydrogens (tertiary/aromatic N) is 1. The number of furan rings is 1. The van der Waals surface area contributed by atoms with E-state index in [1.54, 1.807) is 0 Å². The molecule has 0 radical (unpaired) electrons. The second-order valence-corrected chi connectivity index (χ2v) is 6.24. The van der Waals surface area contributed by atoms with Crippen LogP contribution in [0.3, 0.4) is 0 Å². The Morgan fingerprint density at radius 1 is 1.55 bits per heavy atom. The van der Waals surface area contributed by atoms with E-state index in [2.05, 4.69) is 0 Å². The monoisotopic (exact) mass is 307 g/mol. The van der Waals surface area contributed by atoms with Gasteiger partial charge in [0, 0.05) is 26.8 Å². The maximum Gasteiger partial charge on any atom is 0.371 e. The second kappa shape index (κ2) is 6.35. The van der Waals surface area contributed by atoms with Gasteiger partial charge >= 0.3 is 5.97 Å². The highest BCUT2D eigenvalue weighted by Crippen LogP contribution is 2.23. The van der Waals surface area contributed by atoms with E-state index in [-0.39, 0.29) is 23.8 Å². The number of carbonyl (C=O) groups is 1.